The number of nitrogens with zero attached hydrogens (tertiary/aromatic N) is 1. The Morgan fingerprint density at radius 1 is 1.50 bits per heavy atom. The highest BCUT2D eigenvalue weighted by Gasteiger charge is 2.11. The molecule has 0 amide bonds. The SMILES string of the molecule is CCC/C(CC)=C(\C#N)C(=O)O. The summed E-state index contributed by atoms with van der Waals surface area (Å²) in [6, 6.07) is 1.72. The Hall–Kier alpha value is -1.30. The molecule has 0 fully saturated rings. The van der Waals surface area contributed by atoms with Crippen molar-refractivity contribution in [1.29, 1.82) is 5.26 Å². The van der Waals surface area contributed by atoms with Crippen molar-refractivity contribution >= 4 is 5.97 Å². The third kappa shape index (κ3) is 2.75. The van der Waals surface area contributed by atoms with Gasteiger partial charge in [-0.05, 0) is 18.4 Å². The fraction of sp³-hybridized carbons (Fsp3) is 0.556. The second kappa shape index (κ2) is 5.36. The Morgan fingerprint density at radius 3 is 2.33 bits per heavy atom. The van der Waals surface area contributed by atoms with E-state index >= 15 is 0 Å². The molecule has 12 heavy (non-hydrogen) atoms. The number of carboxylic acid groups (broad SMARTS) is 1. The van der Waals surface area contributed by atoms with Crippen LogP contribution in [0.2, 0.25) is 0 Å². The van der Waals surface area contributed by atoms with E-state index in [9.17, 15) is 4.79 Å². The predicted octanol–water partition coefficient (Wildman–Crippen LogP) is 2.10. The van der Waals surface area contributed by atoms with E-state index in [1.54, 1.807) is 6.07 Å². The summed E-state index contributed by atoms with van der Waals surface area (Å²) in [4.78, 5) is 10.5. The van der Waals surface area contributed by atoms with Crippen LogP contribution in [0.25, 0.3) is 0 Å². The number of carbonyl (C=O) groups is 1. The summed E-state index contributed by atoms with van der Waals surface area (Å²) >= 11 is 0. The molecule has 0 aromatic rings. The lowest BCUT2D eigenvalue weighted by atomic mass is 10.0. The predicted molar refractivity (Wildman–Crippen MR) is 45.5 cm³/mol. The van der Waals surface area contributed by atoms with Crippen molar-refractivity contribution < 1.29 is 9.90 Å². The van der Waals surface area contributed by atoms with Crippen molar-refractivity contribution in [2.24, 2.45) is 0 Å². The third-order valence-electron chi connectivity index (χ3n) is 1.66. The van der Waals surface area contributed by atoms with Gasteiger partial charge in [-0.2, -0.15) is 5.26 Å². The number of nitriles is 1. The van der Waals surface area contributed by atoms with Crippen LogP contribution in [0.1, 0.15) is 33.1 Å². The zero-order valence-electron chi connectivity index (χ0n) is 7.42. The van der Waals surface area contributed by atoms with Crippen LogP contribution in [-0.4, -0.2) is 11.1 Å². The van der Waals surface area contributed by atoms with E-state index in [0.717, 1.165) is 12.0 Å². The first-order chi connectivity index (χ1) is 5.67. The number of hydrogen-bond donors (Lipinski definition) is 1. The standard InChI is InChI=1S/C9H13NO2/c1-3-5-7(4-2)8(6-10)9(11)12/h3-5H2,1-2H3,(H,11,12)/b8-7+. The largest absolute Gasteiger partial charge is 0.477 e. The molecule has 0 saturated heterocycles. The molecule has 3 heteroatoms. The first-order valence-electron chi connectivity index (χ1n) is 4.02. The molecule has 0 aromatic carbocycles. The lowest BCUT2D eigenvalue weighted by molar-refractivity contribution is -0.132. The van der Waals surface area contributed by atoms with Crippen molar-refractivity contribution in [1.82, 2.24) is 0 Å². The summed E-state index contributed by atoms with van der Waals surface area (Å²) in [6.45, 7) is 3.83. The molecular weight excluding hydrogens is 154 g/mol. The highest BCUT2D eigenvalue weighted by atomic mass is 16.4. The van der Waals surface area contributed by atoms with Crippen molar-refractivity contribution in [3.05, 3.63) is 11.1 Å². The summed E-state index contributed by atoms with van der Waals surface area (Å²) in [5.74, 6) is -1.11. The van der Waals surface area contributed by atoms with Crippen LogP contribution in [-0.2, 0) is 4.79 Å². The molecule has 0 bridgehead atoms. The van der Waals surface area contributed by atoms with Crippen molar-refractivity contribution in [2.75, 3.05) is 0 Å². The van der Waals surface area contributed by atoms with Crippen molar-refractivity contribution in [2.45, 2.75) is 33.1 Å². The fourth-order valence-corrected chi connectivity index (χ4v) is 1.06. The first kappa shape index (κ1) is 10.7. The lowest BCUT2D eigenvalue weighted by Crippen LogP contribution is -2.02. The summed E-state index contributed by atoms with van der Waals surface area (Å²) < 4.78 is 0. The van der Waals surface area contributed by atoms with Gasteiger partial charge in [0.15, 0.2) is 0 Å². The number of allylic oxidation sites excluding steroid dienone is 1. The molecule has 0 atom stereocenters. The molecule has 0 aliphatic rings. The van der Waals surface area contributed by atoms with Crippen molar-refractivity contribution in [3.63, 3.8) is 0 Å². The van der Waals surface area contributed by atoms with Crippen LogP contribution < -0.4 is 0 Å². The maximum absolute atomic E-state index is 10.5. The Labute approximate surface area is 72.3 Å². The highest BCUT2D eigenvalue weighted by Crippen LogP contribution is 2.14. The number of aliphatic carboxylic acids is 1. The molecule has 0 saturated carbocycles. The number of carboxylic acids is 1. The minimum atomic E-state index is -1.11. The molecule has 0 rings (SSSR count). The van der Waals surface area contributed by atoms with E-state index < -0.39 is 5.97 Å². The molecule has 0 aliphatic carbocycles. The van der Waals surface area contributed by atoms with Crippen LogP contribution in [0.4, 0.5) is 0 Å². The molecular formula is C9H13NO2. The van der Waals surface area contributed by atoms with E-state index in [-0.39, 0.29) is 5.57 Å². The minimum Gasteiger partial charge on any atom is -0.477 e. The van der Waals surface area contributed by atoms with E-state index in [0.29, 0.717) is 12.8 Å². The van der Waals surface area contributed by atoms with E-state index in [2.05, 4.69) is 0 Å². The van der Waals surface area contributed by atoms with Crippen LogP contribution in [0.5, 0.6) is 0 Å². The summed E-state index contributed by atoms with van der Waals surface area (Å²) in [5, 5.41) is 17.2. The van der Waals surface area contributed by atoms with Crippen LogP contribution in [0.3, 0.4) is 0 Å². The van der Waals surface area contributed by atoms with Gasteiger partial charge in [-0.3, -0.25) is 0 Å². The molecule has 0 radical (unpaired) electrons. The Bertz CT molecular complexity index is 235. The van der Waals surface area contributed by atoms with Gasteiger partial charge in [0, 0.05) is 0 Å². The van der Waals surface area contributed by atoms with Gasteiger partial charge < -0.3 is 5.11 Å². The third-order valence-corrected chi connectivity index (χ3v) is 1.66. The zero-order valence-corrected chi connectivity index (χ0v) is 7.42. The quantitative estimate of drug-likeness (QED) is 0.515. The second-order valence-electron chi connectivity index (χ2n) is 2.50. The van der Waals surface area contributed by atoms with Gasteiger partial charge in [0.05, 0.1) is 0 Å². The summed E-state index contributed by atoms with van der Waals surface area (Å²) in [5.41, 5.74) is 0.659. The van der Waals surface area contributed by atoms with Gasteiger partial charge in [-0.15, -0.1) is 0 Å². The normalized spacial score (nSPS) is 11.8. The number of rotatable bonds is 4. The van der Waals surface area contributed by atoms with E-state index in [1.807, 2.05) is 13.8 Å². The average molecular weight is 167 g/mol. The van der Waals surface area contributed by atoms with Crippen LogP contribution in [0.15, 0.2) is 11.1 Å². The van der Waals surface area contributed by atoms with Crippen LogP contribution >= 0.6 is 0 Å². The maximum Gasteiger partial charge on any atom is 0.346 e. The van der Waals surface area contributed by atoms with Gasteiger partial charge >= 0.3 is 5.97 Å². The highest BCUT2D eigenvalue weighted by molar-refractivity contribution is 5.91. The topological polar surface area (TPSA) is 61.1 Å². The van der Waals surface area contributed by atoms with Crippen molar-refractivity contribution in [3.8, 4) is 6.07 Å². The molecule has 0 heterocycles. The zero-order chi connectivity index (χ0) is 9.56. The smallest absolute Gasteiger partial charge is 0.346 e. The van der Waals surface area contributed by atoms with Gasteiger partial charge in [-0.1, -0.05) is 20.3 Å². The number of hydrogen-bond acceptors (Lipinski definition) is 2. The van der Waals surface area contributed by atoms with Gasteiger partial charge in [0.25, 0.3) is 0 Å². The second-order valence-corrected chi connectivity index (χ2v) is 2.50. The van der Waals surface area contributed by atoms with E-state index in [1.165, 1.54) is 0 Å². The fourth-order valence-electron chi connectivity index (χ4n) is 1.06. The monoisotopic (exact) mass is 167 g/mol. The van der Waals surface area contributed by atoms with E-state index in [4.69, 9.17) is 10.4 Å². The molecule has 3 nitrogen and oxygen atoms in total. The summed E-state index contributed by atoms with van der Waals surface area (Å²) in [7, 11) is 0. The molecule has 0 aromatic heterocycles. The van der Waals surface area contributed by atoms with Gasteiger partial charge in [0.1, 0.15) is 11.6 Å². The van der Waals surface area contributed by atoms with Crippen LogP contribution in [0, 0.1) is 11.3 Å². The Morgan fingerprint density at radius 2 is 2.08 bits per heavy atom. The minimum absolute atomic E-state index is 0.0839. The first-order valence-corrected chi connectivity index (χ1v) is 4.02. The molecule has 0 unspecified atom stereocenters. The lowest BCUT2D eigenvalue weighted by Gasteiger charge is -2.02. The molecule has 1 N–H and O–H groups in total. The molecule has 0 aliphatic heterocycles. The molecule has 66 valence electrons. The Balaban J connectivity index is 4.77. The molecule has 0 spiro atoms. The van der Waals surface area contributed by atoms with Gasteiger partial charge in [-0.25, -0.2) is 4.79 Å². The average Bonchev–Trinajstić information content (AvgIpc) is 2.03. The maximum atomic E-state index is 10.5. The van der Waals surface area contributed by atoms with Gasteiger partial charge in [0.2, 0.25) is 0 Å². The summed E-state index contributed by atoms with van der Waals surface area (Å²) in [6.07, 6.45) is 2.22. The Kier molecular flexibility index (Phi) is 4.78.